The van der Waals surface area contributed by atoms with E-state index in [9.17, 15) is 14.9 Å². The topological polar surface area (TPSA) is 94.4 Å². The van der Waals surface area contributed by atoms with Crippen molar-refractivity contribution in [2.45, 2.75) is 0 Å². The van der Waals surface area contributed by atoms with Gasteiger partial charge in [-0.05, 0) is 42.5 Å². The van der Waals surface area contributed by atoms with Gasteiger partial charge in [-0.15, -0.1) is 0 Å². The largest absolute Gasteiger partial charge is 0.465 e. The van der Waals surface area contributed by atoms with Gasteiger partial charge in [-0.25, -0.2) is 4.79 Å². The van der Waals surface area contributed by atoms with E-state index in [2.05, 4.69) is 10.3 Å². The van der Waals surface area contributed by atoms with Gasteiger partial charge in [0, 0.05) is 35.3 Å². The first-order chi connectivity index (χ1) is 12.6. The number of rotatable bonds is 5. The van der Waals surface area contributed by atoms with Crippen LogP contribution in [0.1, 0.15) is 10.4 Å². The molecule has 3 rings (SSSR count). The first-order valence-corrected chi connectivity index (χ1v) is 7.74. The Morgan fingerprint density at radius 3 is 2.50 bits per heavy atom. The molecule has 1 aromatic heterocycles. The molecule has 0 saturated heterocycles. The summed E-state index contributed by atoms with van der Waals surface area (Å²) in [5.74, 6) is -0.454. The van der Waals surface area contributed by atoms with E-state index in [1.807, 2.05) is 18.2 Å². The highest BCUT2D eigenvalue weighted by Gasteiger charge is 2.13. The quantitative estimate of drug-likeness (QED) is 0.422. The van der Waals surface area contributed by atoms with Gasteiger partial charge in [-0.2, -0.15) is 0 Å². The second-order valence-corrected chi connectivity index (χ2v) is 5.40. The fourth-order valence-corrected chi connectivity index (χ4v) is 2.46. The summed E-state index contributed by atoms with van der Waals surface area (Å²) in [5, 5.41) is 14.0. The standard InChI is InChI=1S/C19H15N3O4/c1-26-19(23)13-5-10-16(17-4-2-3-11-20-17)18(12-13)21-14-6-8-15(9-7-14)22(24)25/h2-12,21H,1H3. The summed E-state index contributed by atoms with van der Waals surface area (Å²) in [5.41, 5.74) is 3.19. The maximum Gasteiger partial charge on any atom is 0.337 e. The van der Waals surface area contributed by atoms with Crippen LogP contribution in [0.3, 0.4) is 0 Å². The zero-order chi connectivity index (χ0) is 18.5. The highest BCUT2D eigenvalue weighted by molar-refractivity contribution is 5.93. The van der Waals surface area contributed by atoms with Crippen molar-refractivity contribution >= 4 is 23.0 Å². The Kier molecular flexibility index (Phi) is 4.89. The Labute approximate surface area is 149 Å². The molecule has 130 valence electrons. The number of carbonyl (C=O) groups is 1. The molecule has 1 heterocycles. The van der Waals surface area contributed by atoms with Gasteiger partial charge in [-0.1, -0.05) is 6.07 Å². The summed E-state index contributed by atoms with van der Waals surface area (Å²) in [6.07, 6.45) is 1.68. The van der Waals surface area contributed by atoms with Crippen LogP contribution < -0.4 is 5.32 Å². The maximum absolute atomic E-state index is 11.8. The van der Waals surface area contributed by atoms with Crippen molar-refractivity contribution in [2.75, 3.05) is 12.4 Å². The number of pyridine rings is 1. The number of nitrogens with zero attached hydrogens (tertiary/aromatic N) is 2. The molecule has 0 saturated carbocycles. The molecule has 0 aliphatic carbocycles. The fraction of sp³-hybridized carbons (Fsp3) is 0.0526. The minimum Gasteiger partial charge on any atom is -0.465 e. The number of benzene rings is 2. The molecular weight excluding hydrogens is 334 g/mol. The van der Waals surface area contributed by atoms with E-state index in [1.54, 1.807) is 36.5 Å². The third kappa shape index (κ3) is 3.67. The van der Waals surface area contributed by atoms with Crippen molar-refractivity contribution in [3.63, 3.8) is 0 Å². The zero-order valence-corrected chi connectivity index (χ0v) is 13.9. The predicted molar refractivity (Wildman–Crippen MR) is 97.4 cm³/mol. The number of esters is 1. The first-order valence-electron chi connectivity index (χ1n) is 7.74. The average Bonchev–Trinajstić information content (AvgIpc) is 2.68. The minimum atomic E-state index is -0.457. The van der Waals surface area contributed by atoms with Crippen LogP contribution in [-0.2, 0) is 4.74 Å². The van der Waals surface area contributed by atoms with Crippen molar-refractivity contribution in [2.24, 2.45) is 0 Å². The summed E-state index contributed by atoms with van der Waals surface area (Å²) in [7, 11) is 1.32. The number of hydrogen-bond acceptors (Lipinski definition) is 6. The van der Waals surface area contributed by atoms with E-state index in [1.165, 1.54) is 19.2 Å². The molecule has 2 aromatic carbocycles. The van der Waals surface area contributed by atoms with Crippen molar-refractivity contribution in [1.29, 1.82) is 0 Å². The molecule has 0 aliphatic heterocycles. The molecule has 0 atom stereocenters. The summed E-state index contributed by atoms with van der Waals surface area (Å²) < 4.78 is 4.77. The number of carbonyl (C=O) groups excluding carboxylic acids is 1. The second-order valence-electron chi connectivity index (χ2n) is 5.40. The number of nitro groups is 1. The number of ether oxygens (including phenoxy) is 1. The highest BCUT2D eigenvalue weighted by Crippen LogP contribution is 2.31. The molecule has 0 bridgehead atoms. The third-order valence-electron chi connectivity index (χ3n) is 3.74. The molecular formula is C19H15N3O4. The van der Waals surface area contributed by atoms with Crippen LogP contribution >= 0.6 is 0 Å². The van der Waals surface area contributed by atoms with E-state index in [-0.39, 0.29) is 5.69 Å². The maximum atomic E-state index is 11.8. The van der Waals surface area contributed by atoms with Crippen LogP contribution in [0.4, 0.5) is 17.1 Å². The monoisotopic (exact) mass is 349 g/mol. The van der Waals surface area contributed by atoms with Gasteiger partial charge in [-0.3, -0.25) is 15.1 Å². The smallest absolute Gasteiger partial charge is 0.337 e. The zero-order valence-electron chi connectivity index (χ0n) is 13.9. The van der Waals surface area contributed by atoms with Crippen molar-refractivity contribution in [3.05, 3.63) is 82.5 Å². The molecule has 26 heavy (non-hydrogen) atoms. The van der Waals surface area contributed by atoms with Gasteiger partial charge in [0.05, 0.1) is 23.3 Å². The van der Waals surface area contributed by atoms with Gasteiger partial charge in [0.25, 0.3) is 5.69 Å². The Morgan fingerprint density at radius 2 is 1.88 bits per heavy atom. The Hall–Kier alpha value is -3.74. The minimum absolute atomic E-state index is 0.00353. The molecule has 7 heteroatoms. The van der Waals surface area contributed by atoms with E-state index in [4.69, 9.17) is 4.74 Å². The van der Waals surface area contributed by atoms with Gasteiger partial charge in [0.1, 0.15) is 0 Å². The molecule has 0 fully saturated rings. The predicted octanol–water partition coefficient (Wildman–Crippen LogP) is 4.19. The summed E-state index contributed by atoms with van der Waals surface area (Å²) in [4.78, 5) is 26.5. The molecule has 1 N–H and O–H groups in total. The lowest BCUT2D eigenvalue weighted by Crippen LogP contribution is -2.03. The molecule has 0 unspecified atom stereocenters. The summed E-state index contributed by atoms with van der Waals surface area (Å²) >= 11 is 0. The van der Waals surface area contributed by atoms with E-state index < -0.39 is 10.9 Å². The summed E-state index contributed by atoms with van der Waals surface area (Å²) in [6.45, 7) is 0. The van der Waals surface area contributed by atoms with E-state index in [0.717, 1.165) is 11.3 Å². The third-order valence-corrected chi connectivity index (χ3v) is 3.74. The second kappa shape index (κ2) is 7.43. The Balaban J connectivity index is 2.01. The lowest BCUT2D eigenvalue weighted by molar-refractivity contribution is -0.384. The number of anilines is 2. The number of nitro benzene ring substituents is 1. The number of methoxy groups -OCH3 is 1. The normalized spacial score (nSPS) is 10.2. The Bertz CT molecular complexity index is 941. The number of non-ortho nitro benzene ring substituents is 1. The SMILES string of the molecule is COC(=O)c1ccc(-c2ccccn2)c(Nc2ccc([N+](=O)[O-])cc2)c1. The van der Waals surface area contributed by atoms with E-state index in [0.29, 0.717) is 16.9 Å². The lowest BCUT2D eigenvalue weighted by atomic mass is 10.0. The molecule has 3 aromatic rings. The molecule has 0 radical (unpaired) electrons. The number of nitrogens with one attached hydrogen (secondary N) is 1. The lowest BCUT2D eigenvalue weighted by Gasteiger charge is -2.13. The van der Waals surface area contributed by atoms with Crippen LogP contribution in [0, 0.1) is 10.1 Å². The van der Waals surface area contributed by atoms with Gasteiger partial charge < -0.3 is 10.1 Å². The van der Waals surface area contributed by atoms with Crippen molar-refractivity contribution in [3.8, 4) is 11.3 Å². The van der Waals surface area contributed by atoms with Gasteiger partial charge in [0.2, 0.25) is 0 Å². The molecule has 7 nitrogen and oxygen atoms in total. The van der Waals surface area contributed by atoms with Crippen LogP contribution in [0.15, 0.2) is 66.9 Å². The van der Waals surface area contributed by atoms with Crippen LogP contribution in [0.5, 0.6) is 0 Å². The van der Waals surface area contributed by atoms with Crippen molar-refractivity contribution < 1.29 is 14.5 Å². The van der Waals surface area contributed by atoms with Gasteiger partial charge in [0.15, 0.2) is 0 Å². The van der Waals surface area contributed by atoms with Crippen molar-refractivity contribution in [1.82, 2.24) is 4.98 Å². The number of aromatic nitrogens is 1. The van der Waals surface area contributed by atoms with Crippen LogP contribution in [0.2, 0.25) is 0 Å². The molecule has 0 aliphatic rings. The van der Waals surface area contributed by atoms with Gasteiger partial charge >= 0.3 is 5.97 Å². The highest BCUT2D eigenvalue weighted by atomic mass is 16.6. The van der Waals surface area contributed by atoms with E-state index >= 15 is 0 Å². The number of hydrogen-bond donors (Lipinski definition) is 1. The van der Waals surface area contributed by atoms with Crippen LogP contribution in [-0.4, -0.2) is 23.0 Å². The summed E-state index contributed by atoms with van der Waals surface area (Å²) in [6, 6.07) is 16.7. The molecule has 0 spiro atoms. The first kappa shape index (κ1) is 17.1. The van der Waals surface area contributed by atoms with Crippen LogP contribution in [0.25, 0.3) is 11.3 Å². The Morgan fingerprint density at radius 1 is 1.12 bits per heavy atom. The molecule has 0 amide bonds. The average molecular weight is 349 g/mol. The fourth-order valence-electron chi connectivity index (χ4n) is 2.46.